The number of rotatable bonds is 7. The molecule has 0 atom stereocenters. The highest BCUT2D eigenvalue weighted by molar-refractivity contribution is 5.92. The van der Waals surface area contributed by atoms with Gasteiger partial charge >= 0.3 is 0 Å². The van der Waals surface area contributed by atoms with Gasteiger partial charge in [-0.3, -0.25) is 19.4 Å². The molecule has 1 saturated carbocycles. The Morgan fingerprint density at radius 2 is 1.61 bits per heavy atom. The van der Waals surface area contributed by atoms with Gasteiger partial charge in [0.2, 0.25) is 11.8 Å². The molecule has 2 fully saturated rings. The van der Waals surface area contributed by atoms with Crippen molar-refractivity contribution in [1.29, 1.82) is 0 Å². The molecule has 8 nitrogen and oxygen atoms in total. The predicted molar refractivity (Wildman–Crippen MR) is 116 cm³/mol. The van der Waals surface area contributed by atoms with E-state index in [4.69, 9.17) is 0 Å². The van der Waals surface area contributed by atoms with Crippen molar-refractivity contribution in [3.63, 3.8) is 0 Å². The molecule has 1 aliphatic heterocycles. The Morgan fingerprint density at radius 1 is 0.968 bits per heavy atom. The van der Waals surface area contributed by atoms with E-state index < -0.39 is 0 Å². The van der Waals surface area contributed by atoms with E-state index in [-0.39, 0.29) is 24.2 Å². The number of anilines is 2. The highest BCUT2D eigenvalue weighted by Crippen LogP contribution is 2.31. The molecule has 1 aromatic carbocycles. The third kappa shape index (κ3) is 5.89. The van der Waals surface area contributed by atoms with Gasteiger partial charge in [-0.2, -0.15) is 5.10 Å². The van der Waals surface area contributed by atoms with Crippen LogP contribution in [0.4, 0.5) is 15.9 Å². The van der Waals surface area contributed by atoms with Crippen molar-refractivity contribution in [3.8, 4) is 0 Å². The van der Waals surface area contributed by atoms with Crippen LogP contribution in [0.15, 0.2) is 36.5 Å². The maximum absolute atomic E-state index is 13.2. The van der Waals surface area contributed by atoms with Crippen molar-refractivity contribution in [1.82, 2.24) is 19.6 Å². The fourth-order valence-corrected chi connectivity index (χ4v) is 4.31. The van der Waals surface area contributed by atoms with Gasteiger partial charge in [0.1, 0.15) is 11.6 Å². The van der Waals surface area contributed by atoms with Crippen LogP contribution < -0.4 is 10.6 Å². The lowest BCUT2D eigenvalue weighted by Gasteiger charge is -2.33. The van der Waals surface area contributed by atoms with Crippen molar-refractivity contribution in [2.75, 3.05) is 49.9 Å². The van der Waals surface area contributed by atoms with Crippen LogP contribution >= 0.6 is 0 Å². The van der Waals surface area contributed by atoms with Crippen LogP contribution in [-0.2, 0) is 9.59 Å². The third-order valence-electron chi connectivity index (χ3n) is 5.92. The summed E-state index contributed by atoms with van der Waals surface area (Å²) in [4.78, 5) is 28.9. The van der Waals surface area contributed by atoms with E-state index in [0.29, 0.717) is 44.5 Å². The second kappa shape index (κ2) is 10.0. The predicted octanol–water partition coefficient (Wildman–Crippen LogP) is 2.33. The normalized spacial score (nSPS) is 18.2. The molecule has 31 heavy (non-hydrogen) atoms. The number of aromatic nitrogens is 2. The molecule has 166 valence electrons. The highest BCUT2D eigenvalue weighted by atomic mass is 19.1. The van der Waals surface area contributed by atoms with Crippen molar-refractivity contribution in [2.24, 2.45) is 0 Å². The summed E-state index contributed by atoms with van der Waals surface area (Å²) in [7, 11) is 0. The zero-order chi connectivity index (χ0) is 21.6. The van der Waals surface area contributed by atoms with E-state index >= 15 is 0 Å². The second-order valence-electron chi connectivity index (χ2n) is 8.26. The molecule has 9 heteroatoms. The Morgan fingerprint density at radius 3 is 2.26 bits per heavy atom. The summed E-state index contributed by atoms with van der Waals surface area (Å²) in [5.74, 6) is 0.176. The quantitative estimate of drug-likeness (QED) is 0.707. The van der Waals surface area contributed by atoms with Crippen LogP contribution in [0.25, 0.3) is 0 Å². The first-order chi connectivity index (χ1) is 15.1. The molecular formula is C22H29FN6O2. The van der Waals surface area contributed by atoms with Crippen molar-refractivity contribution in [3.05, 3.63) is 42.3 Å². The number of nitrogens with one attached hydrogen (secondary N) is 2. The van der Waals surface area contributed by atoms with Crippen LogP contribution in [0.2, 0.25) is 0 Å². The lowest BCUT2D eigenvalue weighted by Crippen LogP contribution is -2.50. The van der Waals surface area contributed by atoms with Crippen LogP contribution in [-0.4, -0.2) is 70.7 Å². The summed E-state index contributed by atoms with van der Waals surface area (Å²) in [6.07, 6.45) is 6.38. The molecule has 2 aromatic rings. The molecule has 0 bridgehead atoms. The second-order valence-corrected chi connectivity index (χ2v) is 8.26. The summed E-state index contributed by atoms with van der Waals surface area (Å²) in [6, 6.07) is 8.10. The summed E-state index contributed by atoms with van der Waals surface area (Å²) in [5, 5.41) is 10.1. The number of piperazine rings is 1. The zero-order valence-electron chi connectivity index (χ0n) is 17.6. The molecule has 4 rings (SSSR count). The van der Waals surface area contributed by atoms with Gasteiger partial charge in [-0.05, 0) is 31.0 Å². The monoisotopic (exact) mass is 428 g/mol. The standard InChI is InChI=1S/C22H29FN6O2/c23-17-4-3-5-18(14-17)25-21(30)15-27-10-12-28(13-11-27)16-22(31)26-20-8-9-24-29(20)19-6-1-2-7-19/h3-5,8-9,14,19H,1-2,6-7,10-13,15-16H2,(H,25,30)(H,26,31). The smallest absolute Gasteiger partial charge is 0.239 e. The average molecular weight is 429 g/mol. The van der Waals surface area contributed by atoms with E-state index in [0.717, 1.165) is 18.7 Å². The molecular weight excluding hydrogens is 399 g/mol. The first-order valence-electron chi connectivity index (χ1n) is 10.9. The van der Waals surface area contributed by atoms with E-state index in [1.54, 1.807) is 18.3 Å². The molecule has 2 N–H and O–H groups in total. The molecule has 1 aliphatic carbocycles. The maximum atomic E-state index is 13.2. The zero-order valence-corrected chi connectivity index (χ0v) is 17.6. The molecule has 1 saturated heterocycles. The molecule has 2 amide bonds. The number of hydrogen-bond acceptors (Lipinski definition) is 5. The number of amides is 2. The van der Waals surface area contributed by atoms with Crippen LogP contribution in [0.1, 0.15) is 31.7 Å². The van der Waals surface area contributed by atoms with E-state index in [1.807, 2.05) is 15.6 Å². The Kier molecular flexibility index (Phi) is 6.93. The van der Waals surface area contributed by atoms with Crippen LogP contribution in [0.3, 0.4) is 0 Å². The van der Waals surface area contributed by atoms with Crippen LogP contribution in [0.5, 0.6) is 0 Å². The minimum absolute atomic E-state index is 0.0444. The Labute approximate surface area is 181 Å². The number of halogens is 1. The van der Waals surface area contributed by atoms with Gasteiger partial charge in [0.25, 0.3) is 0 Å². The first-order valence-corrected chi connectivity index (χ1v) is 10.9. The van der Waals surface area contributed by atoms with Gasteiger partial charge in [0, 0.05) is 37.9 Å². The summed E-state index contributed by atoms with van der Waals surface area (Å²) in [6.45, 7) is 3.38. The number of carbonyl (C=O) groups excluding carboxylic acids is 2. The number of carbonyl (C=O) groups is 2. The maximum Gasteiger partial charge on any atom is 0.239 e. The van der Waals surface area contributed by atoms with Crippen molar-refractivity contribution >= 4 is 23.3 Å². The SMILES string of the molecule is O=C(CN1CCN(CC(=O)Nc2ccnn2C2CCCC2)CC1)Nc1cccc(F)c1. The van der Waals surface area contributed by atoms with Gasteiger partial charge in [-0.15, -0.1) is 0 Å². The Bertz CT molecular complexity index is 903. The lowest BCUT2D eigenvalue weighted by molar-refractivity contribution is -0.120. The molecule has 0 spiro atoms. The first kappa shape index (κ1) is 21.5. The van der Waals surface area contributed by atoms with Gasteiger partial charge in [0.05, 0.1) is 25.3 Å². The van der Waals surface area contributed by atoms with E-state index in [1.165, 1.54) is 25.0 Å². The summed E-state index contributed by atoms with van der Waals surface area (Å²) in [5.41, 5.74) is 0.456. The lowest BCUT2D eigenvalue weighted by atomic mass is 10.2. The van der Waals surface area contributed by atoms with Gasteiger partial charge in [-0.25, -0.2) is 9.07 Å². The molecule has 1 aromatic heterocycles. The minimum atomic E-state index is -0.379. The molecule has 0 unspecified atom stereocenters. The number of hydrogen-bond donors (Lipinski definition) is 2. The Hall–Kier alpha value is -2.78. The van der Waals surface area contributed by atoms with E-state index in [9.17, 15) is 14.0 Å². The van der Waals surface area contributed by atoms with Crippen molar-refractivity contribution in [2.45, 2.75) is 31.7 Å². The summed E-state index contributed by atoms with van der Waals surface area (Å²) < 4.78 is 15.2. The number of benzene rings is 1. The van der Waals surface area contributed by atoms with Gasteiger partial charge in [-0.1, -0.05) is 18.9 Å². The number of nitrogens with zero attached hydrogens (tertiary/aromatic N) is 4. The summed E-state index contributed by atoms with van der Waals surface area (Å²) >= 11 is 0. The van der Waals surface area contributed by atoms with E-state index in [2.05, 4.69) is 20.6 Å². The van der Waals surface area contributed by atoms with Gasteiger partial charge in [0.15, 0.2) is 0 Å². The largest absolute Gasteiger partial charge is 0.325 e. The fourth-order valence-electron chi connectivity index (χ4n) is 4.31. The fraction of sp³-hybridized carbons (Fsp3) is 0.500. The topological polar surface area (TPSA) is 82.5 Å². The van der Waals surface area contributed by atoms with Crippen LogP contribution in [0, 0.1) is 5.82 Å². The minimum Gasteiger partial charge on any atom is -0.325 e. The molecule has 0 radical (unpaired) electrons. The Balaban J connectivity index is 1.19. The molecule has 2 heterocycles. The average Bonchev–Trinajstić information content (AvgIpc) is 3.41. The third-order valence-corrected chi connectivity index (χ3v) is 5.92. The van der Waals surface area contributed by atoms with Crippen molar-refractivity contribution < 1.29 is 14.0 Å². The van der Waals surface area contributed by atoms with Gasteiger partial charge < -0.3 is 10.6 Å². The highest BCUT2D eigenvalue weighted by Gasteiger charge is 2.23. The molecule has 2 aliphatic rings.